The number of Topliss-reactive ketones (excluding diaryl/α,β-unsaturated/α-hetero) is 1. The number of rotatable bonds is 15. The van der Waals surface area contributed by atoms with E-state index in [0.717, 1.165) is 12.8 Å². The van der Waals surface area contributed by atoms with E-state index in [1.54, 1.807) is 55.4 Å². The molecule has 15 heteroatoms. The van der Waals surface area contributed by atoms with Gasteiger partial charge in [-0.25, -0.2) is 9.59 Å². The van der Waals surface area contributed by atoms with Gasteiger partial charge >= 0.3 is 18.2 Å². The summed E-state index contributed by atoms with van der Waals surface area (Å²) in [6.45, 7) is 17.2. The number of ketones is 1. The van der Waals surface area contributed by atoms with Crippen LogP contribution in [0, 0.1) is 46.8 Å². The summed E-state index contributed by atoms with van der Waals surface area (Å²) >= 11 is 0. The molecule has 6 atom stereocenters. The average molecular weight is 726 g/mol. The smallest absolute Gasteiger partial charge is 0.389 e. The van der Waals surface area contributed by atoms with Gasteiger partial charge in [0, 0.05) is 31.3 Å². The summed E-state index contributed by atoms with van der Waals surface area (Å²) in [6.07, 6.45) is 1.94. The lowest BCUT2D eigenvalue weighted by Gasteiger charge is -2.37. The summed E-state index contributed by atoms with van der Waals surface area (Å²) in [7, 11) is 0. The molecule has 2 unspecified atom stereocenters. The molecular weight excluding hydrogens is 671 g/mol. The van der Waals surface area contributed by atoms with Crippen LogP contribution in [-0.4, -0.2) is 90.4 Å². The Hall–Kier alpha value is -4.09. The van der Waals surface area contributed by atoms with Crippen LogP contribution in [0.5, 0.6) is 0 Å². The first-order valence-corrected chi connectivity index (χ1v) is 17.2. The molecule has 1 saturated heterocycles. The van der Waals surface area contributed by atoms with Crippen molar-refractivity contribution in [2.45, 2.75) is 111 Å². The van der Waals surface area contributed by atoms with Crippen LogP contribution in [0.2, 0.25) is 0 Å². The minimum absolute atomic E-state index is 0.134. The molecule has 51 heavy (non-hydrogen) atoms. The van der Waals surface area contributed by atoms with Gasteiger partial charge in [0.15, 0.2) is 0 Å². The van der Waals surface area contributed by atoms with E-state index < -0.39 is 101 Å². The zero-order valence-electron chi connectivity index (χ0n) is 30.9. The lowest BCUT2D eigenvalue weighted by molar-refractivity contribution is -0.149. The molecule has 0 aromatic carbocycles. The first-order valence-electron chi connectivity index (χ1n) is 17.2. The SMILES string of the molecule is C#CC1CN(C(=O)[C@@H](NC(=O)N[C@H](C(=O)OCC2CC2)C(C)(C)C)C(C)(C)C)[C@H](C(=O)NC(CCC(F)(F)F)C(=O)C(=O)NCC=C)[C@H]1C(C)C. The van der Waals surface area contributed by atoms with Crippen molar-refractivity contribution < 1.29 is 46.7 Å². The van der Waals surface area contributed by atoms with E-state index in [1.165, 1.54) is 11.0 Å². The number of alkyl halides is 3. The quantitative estimate of drug-likeness (QED) is 0.0870. The molecule has 0 bridgehead atoms. The molecule has 2 rings (SSSR count). The number of amides is 5. The zero-order chi connectivity index (χ0) is 39.1. The Morgan fingerprint density at radius 3 is 2.00 bits per heavy atom. The number of halogens is 3. The Bertz CT molecular complexity index is 1360. The van der Waals surface area contributed by atoms with Crippen molar-refractivity contribution in [3.05, 3.63) is 12.7 Å². The number of hydrogen-bond donors (Lipinski definition) is 4. The highest BCUT2D eigenvalue weighted by Gasteiger charge is 2.52. The van der Waals surface area contributed by atoms with E-state index in [2.05, 4.69) is 33.8 Å². The number of hydrogen-bond acceptors (Lipinski definition) is 7. The molecule has 1 saturated carbocycles. The van der Waals surface area contributed by atoms with Gasteiger partial charge in [0.2, 0.25) is 17.6 Å². The van der Waals surface area contributed by atoms with E-state index in [1.807, 2.05) is 0 Å². The van der Waals surface area contributed by atoms with Gasteiger partial charge in [-0.2, -0.15) is 13.2 Å². The number of esters is 1. The highest BCUT2D eigenvalue weighted by Crippen LogP contribution is 2.37. The van der Waals surface area contributed by atoms with Crippen molar-refractivity contribution in [1.29, 1.82) is 0 Å². The first-order chi connectivity index (χ1) is 23.4. The topological polar surface area (TPSA) is 163 Å². The van der Waals surface area contributed by atoms with Gasteiger partial charge in [-0.1, -0.05) is 61.5 Å². The van der Waals surface area contributed by atoms with Crippen LogP contribution >= 0.6 is 0 Å². The summed E-state index contributed by atoms with van der Waals surface area (Å²) in [5, 5.41) is 9.83. The third-order valence-corrected chi connectivity index (χ3v) is 9.00. The van der Waals surface area contributed by atoms with Crippen molar-refractivity contribution in [2.24, 2.45) is 34.5 Å². The second-order valence-corrected chi connectivity index (χ2v) is 15.9. The third kappa shape index (κ3) is 12.6. The Morgan fingerprint density at radius 1 is 0.961 bits per heavy atom. The Balaban J connectivity index is 2.44. The Labute approximate surface area is 298 Å². The summed E-state index contributed by atoms with van der Waals surface area (Å²) in [4.78, 5) is 81.5. The molecule has 0 radical (unpaired) electrons. The van der Waals surface area contributed by atoms with Crippen LogP contribution in [-0.2, 0) is 28.7 Å². The molecule has 286 valence electrons. The molecule has 1 aliphatic heterocycles. The van der Waals surface area contributed by atoms with Crippen LogP contribution in [0.4, 0.5) is 18.0 Å². The van der Waals surface area contributed by atoms with Gasteiger partial charge in [-0.15, -0.1) is 18.9 Å². The van der Waals surface area contributed by atoms with Gasteiger partial charge in [-0.05, 0) is 41.9 Å². The maximum absolute atomic E-state index is 14.4. The first kappa shape index (κ1) is 43.1. The zero-order valence-corrected chi connectivity index (χ0v) is 30.9. The molecule has 0 spiro atoms. The lowest BCUT2D eigenvalue weighted by Crippen LogP contribution is -2.62. The monoisotopic (exact) mass is 725 g/mol. The van der Waals surface area contributed by atoms with Crippen LogP contribution in [0.25, 0.3) is 0 Å². The summed E-state index contributed by atoms with van der Waals surface area (Å²) in [5.41, 5.74) is -1.72. The van der Waals surface area contributed by atoms with Gasteiger partial charge in [0.25, 0.3) is 5.91 Å². The second kappa shape index (κ2) is 17.4. The number of urea groups is 1. The fraction of sp³-hybridized carbons (Fsp3) is 0.722. The Kier molecular flexibility index (Phi) is 14.7. The summed E-state index contributed by atoms with van der Waals surface area (Å²) < 4.78 is 45.2. The number of nitrogens with zero attached hydrogens (tertiary/aromatic N) is 1. The minimum atomic E-state index is -4.70. The lowest BCUT2D eigenvalue weighted by atomic mass is 9.81. The number of terminal acetylenes is 1. The molecule has 0 aromatic heterocycles. The number of nitrogens with one attached hydrogen (secondary N) is 4. The van der Waals surface area contributed by atoms with E-state index >= 15 is 0 Å². The van der Waals surface area contributed by atoms with Crippen LogP contribution in [0.15, 0.2) is 12.7 Å². The van der Waals surface area contributed by atoms with E-state index in [9.17, 15) is 41.9 Å². The largest absolute Gasteiger partial charge is 0.464 e. The second-order valence-electron chi connectivity index (χ2n) is 15.9. The fourth-order valence-corrected chi connectivity index (χ4v) is 5.97. The molecule has 12 nitrogen and oxygen atoms in total. The molecule has 1 heterocycles. The van der Waals surface area contributed by atoms with Gasteiger partial charge in [0.05, 0.1) is 12.6 Å². The minimum Gasteiger partial charge on any atom is -0.464 e. The molecular formula is C36H54F3N5O7. The van der Waals surface area contributed by atoms with Gasteiger partial charge in [0.1, 0.15) is 18.1 Å². The molecule has 4 N–H and O–H groups in total. The molecule has 2 fully saturated rings. The van der Waals surface area contributed by atoms with Crippen molar-refractivity contribution in [2.75, 3.05) is 19.7 Å². The van der Waals surface area contributed by atoms with Crippen molar-refractivity contribution in [1.82, 2.24) is 26.2 Å². The van der Waals surface area contributed by atoms with E-state index in [0.29, 0.717) is 5.92 Å². The number of carbonyl (C=O) groups is 6. The molecule has 1 aliphatic carbocycles. The number of likely N-dealkylation sites (tertiary alicyclic amines) is 1. The average Bonchev–Trinajstić information content (AvgIpc) is 3.76. The van der Waals surface area contributed by atoms with Crippen molar-refractivity contribution >= 4 is 35.5 Å². The van der Waals surface area contributed by atoms with Crippen molar-refractivity contribution in [3.63, 3.8) is 0 Å². The molecule has 5 amide bonds. The number of ether oxygens (including phenoxy) is 1. The molecule has 0 aromatic rings. The Morgan fingerprint density at radius 2 is 1.53 bits per heavy atom. The van der Waals surface area contributed by atoms with Crippen molar-refractivity contribution in [3.8, 4) is 12.3 Å². The van der Waals surface area contributed by atoms with Gasteiger partial charge in [-0.3, -0.25) is 19.2 Å². The standard InChI is InChI=1S/C36H54F3N5O7/c1-11-17-40-30(47)26(45)23(15-16-36(37,38)39)41-29(46)25-24(20(3)4)22(12-2)18-44(25)31(48)27(34(5,6)7)42-33(50)43-28(35(8,9)10)32(49)51-19-21-13-14-21/h2,11,20-25,27-28H,1,13-19H2,3-10H3,(H,40,47)(H,41,46)(H2,42,43,50)/t22?,23?,24-,25-,27+,28+/m0/s1. The maximum Gasteiger partial charge on any atom is 0.389 e. The highest BCUT2D eigenvalue weighted by atomic mass is 19.4. The maximum atomic E-state index is 14.4. The van der Waals surface area contributed by atoms with E-state index in [4.69, 9.17) is 11.2 Å². The van der Waals surface area contributed by atoms with Crippen LogP contribution in [0.1, 0.15) is 81.1 Å². The van der Waals surface area contributed by atoms with Gasteiger partial charge < -0.3 is 30.9 Å². The summed E-state index contributed by atoms with van der Waals surface area (Å²) in [5.74, 6) is -3.61. The predicted molar refractivity (Wildman–Crippen MR) is 183 cm³/mol. The van der Waals surface area contributed by atoms with Crippen LogP contribution < -0.4 is 21.3 Å². The number of carbonyl (C=O) groups excluding carboxylic acids is 6. The summed E-state index contributed by atoms with van der Waals surface area (Å²) in [6, 6.07) is -6.43. The third-order valence-electron chi connectivity index (χ3n) is 9.00. The molecule has 2 aliphatic rings. The van der Waals surface area contributed by atoms with Crippen LogP contribution in [0.3, 0.4) is 0 Å². The normalized spacial score (nSPS) is 21.1. The highest BCUT2D eigenvalue weighted by molar-refractivity contribution is 6.38. The predicted octanol–water partition coefficient (Wildman–Crippen LogP) is 3.50. The van der Waals surface area contributed by atoms with E-state index in [-0.39, 0.29) is 25.6 Å². The fourth-order valence-electron chi connectivity index (χ4n) is 5.97.